The second-order valence-corrected chi connectivity index (χ2v) is 5.35. The quantitative estimate of drug-likeness (QED) is 0.760. The molecule has 4 nitrogen and oxygen atoms in total. The van der Waals surface area contributed by atoms with Crippen molar-refractivity contribution in [3.8, 4) is 0 Å². The number of ether oxygens (including phenoxy) is 2. The van der Waals surface area contributed by atoms with Crippen LogP contribution in [0.15, 0.2) is 0 Å². The molecule has 17 heavy (non-hydrogen) atoms. The van der Waals surface area contributed by atoms with Crippen LogP contribution >= 0.6 is 0 Å². The lowest BCUT2D eigenvalue weighted by Crippen LogP contribution is -2.62. The molecule has 0 bridgehead atoms. The Morgan fingerprint density at radius 2 is 2.00 bits per heavy atom. The Kier molecular flexibility index (Phi) is 5.86. The lowest BCUT2D eigenvalue weighted by molar-refractivity contribution is -0.0533. The second-order valence-electron chi connectivity index (χ2n) is 5.35. The number of hydrogen-bond donors (Lipinski definition) is 1. The Hall–Kier alpha value is -0.160. The van der Waals surface area contributed by atoms with Gasteiger partial charge in [0.15, 0.2) is 0 Å². The Labute approximate surface area is 105 Å². The van der Waals surface area contributed by atoms with Gasteiger partial charge in [0.1, 0.15) is 0 Å². The van der Waals surface area contributed by atoms with Crippen LogP contribution in [0.1, 0.15) is 26.7 Å². The molecule has 102 valence electrons. The van der Waals surface area contributed by atoms with Crippen molar-refractivity contribution in [3.05, 3.63) is 0 Å². The molecular formula is C13H28N2O2. The fourth-order valence-electron chi connectivity index (χ4n) is 2.80. The van der Waals surface area contributed by atoms with E-state index in [0.717, 1.165) is 26.1 Å². The molecule has 0 aliphatic carbocycles. The molecule has 0 aromatic carbocycles. The lowest BCUT2D eigenvalue weighted by Gasteiger charge is -2.48. The summed E-state index contributed by atoms with van der Waals surface area (Å²) in [5, 5.41) is 0. The minimum absolute atomic E-state index is 0.0588. The van der Waals surface area contributed by atoms with Crippen LogP contribution in [0.5, 0.6) is 0 Å². The van der Waals surface area contributed by atoms with Crippen LogP contribution < -0.4 is 5.73 Å². The minimum atomic E-state index is -0.0588. The van der Waals surface area contributed by atoms with Crippen molar-refractivity contribution in [1.82, 2.24) is 4.90 Å². The summed E-state index contributed by atoms with van der Waals surface area (Å²) in [6.45, 7) is 7.49. The van der Waals surface area contributed by atoms with Gasteiger partial charge in [0.2, 0.25) is 0 Å². The molecule has 0 amide bonds. The van der Waals surface area contributed by atoms with Gasteiger partial charge < -0.3 is 15.2 Å². The molecule has 1 heterocycles. The van der Waals surface area contributed by atoms with Gasteiger partial charge in [0, 0.05) is 32.9 Å². The van der Waals surface area contributed by atoms with E-state index in [1.165, 1.54) is 0 Å². The third-order valence-corrected chi connectivity index (χ3v) is 4.26. The monoisotopic (exact) mass is 244 g/mol. The van der Waals surface area contributed by atoms with E-state index in [2.05, 4.69) is 25.8 Å². The van der Waals surface area contributed by atoms with Crippen molar-refractivity contribution < 1.29 is 9.47 Å². The molecule has 1 rings (SSSR count). The standard InChI is InChI=1S/C13H28N2O2/c1-11(2)13(9-14,10-16-4)15(3)12-5-7-17-8-6-12/h11-12H,5-10,14H2,1-4H3. The van der Waals surface area contributed by atoms with Crippen molar-refractivity contribution in [3.63, 3.8) is 0 Å². The van der Waals surface area contributed by atoms with Crippen LogP contribution in [0.25, 0.3) is 0 Å². The molecular weight excluding hydrogens is 216 g/mol. The van der Waals surface area contributed by atoms with Gasteiger partial charge in [-0.25, -0.2) is 0 Å². The van der Waals surface area contributed by atoms with E-state index in [0.29, 0.717) is 25.1 Å². The first-order valence-electron chi connectivity index (χ1n) is 6.58. The van der Waals surface area contributed by atoms with Gasteiger partial charge >= 0.3 is 0 Å². The highest BCUT2D eigenvalue weighted by Gasteiger charge is 2.40. The zero-order valence-electron chi connectivity index (χ0n) is 11.7. The maximum absolute atomic E-state index is 6.05. The van der Waals surface area contributed by atoms with Crippen molar-refractivity contribution in [2.24, 2.45) is 11.7 Å². The molecule has 0 radical (unpaired) electrons. The highest BCUT2D eigenvalue weighted by Crippen LogP contribution is 2.28. The maximum Gasteiger partial charge on any atom is 0.0661 e. The smallest absolute Gasteiger partial charge is 0.0661 e. The van der Waals surface area contributed by atoms with E-state index in [4.69, 9.17) is 15.2 Å². The summed E-state index contributed by atoms with van der Waals surface area (Å²) in [7, 11) is 3.94. The van der Waals surface area contributed by atoms with Gasteiger partial charge in [-0.3, -0.25) is 4.90 Å². The van der Waals surface area contributed by atoms with Crippen molar-refractivity contribution in [1.29, 1.82) is 0 Å². The Morgan fingerprint density at radius 1 is 1.41 bits per heavy atom. The SMILES string of the molecule is COCC(CN)(C(C)C)N(C)C1CCOCC1. The molecule has 0 saturated carbocycles. The number of methoxy groups -OCH3 is 1. The van der Waals surface area contributed by atoms with E-state index in [9.17, 15) is 0 Å². The van der Waals surface area contributed by atoms with E-state index in [-0.39, 0.29) is 5.54 Å². The molecule has 1 saturated heterocycles. The van der Waals surface area contributed by atoms with E-state index >= 15 is 0 Å². The average molecular weight is 244 g/mol. The highest BCUT2D eigenvalue weighted by molar-refractivity contribution is 4.96. The van der Waals surface area contributed by atoms with E-state index in [1.807, 2.05) is 0 Å². The summed E-state index contributed by atoms with van der Waals surface area (Å²) < 4.78 is 10.8. The van der Waals surface area contributed by atoms with Gasteiger partial charge in [-0.1, -0.05) is 13.8 Å². The molecule has 1 aliphatic heterocycles. The number of rotatable bonds is 6. The third kappa shape index (κ3) is 3.19. The maximum atomic E-state index is 6.05. The third-order valence-electron chi connectivity index (χ3n) is 4.26. The first kappa shape index (κ1) is 14.9. The number of likely N-dealkylation sites (N-methyl/N-ethyl adjacent to an activating group) is 1. The van der Waals surface area contributed by atoms with Crippen LogP contribution in [0.4, 0.5) is 0 Å². The number of nitrogens with two attached hydrogens (primary N) is 1. The largest absolute Gasteiger partial charge is 0.383 e. The Balaban J connectivity index is 2.79. The molecule has 1 aliphatic rings. The summed E-state index contributed by atoms with van der Waals surface area (Å²) in [6.07, 6.45) is 2.18. The fraction of sp³-hybridized carbons (Fsp3) is 1.00. The zero-order valence-corrected chi connectivity index (χ0v) is 11.7. The summed E-state index contributed by atoms with van der Waals surface area (Å²) in [6, 6.07) is 0.560. The number of hydrogen-bond acceptors (Lipinski definition) is 4. The van der Waals surface area contributed by atoms with Crippen LogP contribution in [0.3, 0.4) is 0 Å². The zero-order chi connectivity index (χ0) is 12.9. The number of nitrogens with zero attached hydrogens (tertiary/aromatic N) is 1. The lowest BCUT2D eigenvalue weighted by atomic mass is 9.83. The topological polar surface area (TPSA) is 47.7 Å². The van der Waals surface area contributed by atoms with Crippen LogP contribution in [0, 0.1) is 5.92 Å². The highest BCUT2D eigenvalue weighted by atomic mass is 16.5. The molecule has 0 spiro atoms. The summed E-state index contributed by atoms with van der Waals surface area (Å²) >= 11 is 0. The van der Waals surface area contributed by atoms with Crippen LogP contribution in [-0.4, -0.2) is 57.0 Å². The summed E-state index contributed by atoms with van der Waals surface area (Å²) in [4.78, 5) is 2.43. The van der Waals surface area contributed by atoms with Gasteiger partial charge in [0.05, 0.1) is 12.1 Å². The van der Waals surface area contributed by atoms with Crippen LogP contribution in [-0.2, 0) is 9.47 Å². The van der Waals surface area contributed by atoms with Crippen molar-refractivity contribution in [2.45, 2.75) is 38.3 Å². The van der Waals surface area contributed by atoms with Crippen molar-refractivity contribution >= 4 is 0 Å². The Morgan fingerprint density at radius 3 is 2.41 bits per heavy atom. The first-order valence-corrected chi connectivity index (χ1v) is 6.58. The molecule has 1 fully saturated rings. The van der Waals surface area contributed by atoms with Gasteiger partial charge in [-0.15, -0.1) is 0 Å². The normalized spacial score (nSPS) is 22.1. The molecule has 2 N–H and O–H groups in total. The van der Waals surface area contributed by atoms with E-state index < -0.39 is 0 Å². The predicted molar refractivity (Wildman–Crippen MR) is 70.1 cm³/mol. The first-order chi connectivity index (χ1) is 8.08. The predicted octanol–water partition coefficient (Wildman–Crippen LogP) is 1.10. The summed E-state index contributed by atoms with van der Waals surface area (Å²) in [5.41, 5.74) is 5.99. The van der Waals surface area contributed by atoms with Gasteiger partial charge in [-0.05, 0) is 25.8 Å². The van der Waals surface area contributed by atoms with Gasteiger partial charge in [0.25, 0.3) is 0 Å². The minimum Gasteiger partial charge on any atom is -0.383 e. The van der Waals surface area contributed by atoms with Crippen molar-refractivity contribution in [2.75, 3.05) is 40.5 Å². The molecule has 4 heteroatoms. The van der Waals surface area contributed by atoms with Crippen LogP contribution in [0.2, 0.25) is 0 Å². The molecule has 0 aromatic heterocycles. The average Bonchev–Trinajstić information content (AvgIpc) is 2.36. The molecule has 1 unspecified atom stereocenters. The summed E-state index contributed by atoms with van der Waals surface area (Å²) in [5.74, 6) is 0.472. The van der Waals surface area contributed by atoms with E-state index in [1.54, 1.807) is 7.11 Å². The molecule has 1 atom stereocenters. The Bertz CT molecular complexity index is 217. The van der Waals surface area contributed by atoms with Gasteiger partial charge in [-0.2, -0.15) is 0 Å². The molecule has 0 aromatic rings. The fourth-order valence-corrected chi connectivity index (χ4v) is 2.80. The second kappa shape index (κ2) is 6.69.